The number of furan rings is 1. The lowest BCUT2D eigenvalue weighted by atomic mass is 10.2. The Morgan fingerprint density at radius 2 is 1.93 bits per heavy atom. The average Bonchev–Trinajstić information content (AvgIpc) is 3.14. The van der Waals surface area contributed by atoms with Crippen LogP contribution in [0.5, 0.6) is 5.75 Å². The van der Waals surface area contributed by atoms with Gasteiger partial charge in [-0.1, -0.05) is 17.7 Å². The van der Waals surface area contributed by atoms with Gasteiger partial charge in [-0.25, -0.2) is 0 Å². The molecule has 0 radical (unpaired) electrons. The van der Waals surface area contributed by atoms with E-state index in [1.54, 1.807) is 24.3 Å². The molecular formula is C19H15ClN2O5. The highest BCUT2D eigenvalue weighted by Crippen LogP contribution is 2.24. The van der Waals surface area contributed by atoms with E-state index in [9.17, 15) is 14.9 Å². The normalized spacial score (nSPS) is 10.4. The smallest absolute Gasteiger partial charge is 0.273 e. The molecule has 0 unspecified atom stereocenters. The second kappa shape index (κ2) is 8.37. The van der Waals surface area contributed by atoms with E-state index in [0.29, 0.717) is 16.5 Å². The van der Waals surface area contributed by atoms with Crippen LogP contribution in [0.2, 0.25) is 5.02 Å². The summed E-state index contributed by atoms with van der Waals surface area (Å²) in [5.74, 6) is 1.14. The molecule has 0 aliphatic rings. The van der Waals surface area contributed by atoms with Crippen LogP contribution in [0.1, 0.15) is 5.76 Å². The molecule has 8 heteroatoms. The second-order valence-electron chi connectivity index (χ2n) is 5.59. The van der Waals surface area contributed by atoms with Gasteiger partial charge in [0.2, 0.25) is 0 Å². The number of ether oxygens (including phenoxy) is 1. The van der Waals surface area contributed by atoms with Gasteiger partial charge in [-0.3, -0.25) is 14.9 Å². The van der Waals surface area contributed by atoms with Crippen LogP contribution < -0.4 is 10.1 Å². The molecule has 27 heavy (non-hydrogen) atoms. The van der Waals surface area contributed by atoms with Crippen molar-refractivity contribution in [3.8, 4) is 17.1 Å². The molecule has 3 rings (SSSR count). The molecule has 0 spiro atoms. The number of carbonyl (C=O) groups is 1. The lowest BCUT2D eigenvalue weighted by Gasteiger charge is -2.06. The molecule has 0 fully saturated rings. The molecule has 1 N–H and O–H groups in total. The van der Waals surface area contributed by atoms with Gasteiger partial charge in [-0.2, -0.15) is 0 Å². The number of carbonyl (C=O) groups excluding carboxylic acids is 1. The van der Waals surface area contributed by atoms with Crippen LogP contribution in [0.3, 0.4) is 0 Å². The summed E-state index contributed by atoms with van der Waals surface area (Å²) in [5.41, 5.74) is 0.782. The predicted molar refractivity (Wildman–Crippen MR) is 99.6 cm³/mol. The molecule has 0 saturated heterocycles. The van der Waals surface area contributed by atoms with Gasteiger partial charge in [0, 0.05) is 16.7 Å². The first kappa shape index (κ1) is 18.5. The Morgan fingerprint density at radius 1 is 1.15 bits per heavy atom. The first-order valence-electron chi connectivity index (χ1n) is 8.00. The lowest BCUT2D eigenvalue weighted by Crippen LogP contribution is -2.28. The molecule has 1 heterocycles. The standard InChI is InChI=1S/C19H15ClN2O5/c20-14-6-4-13(5-7-14)18-9-8-17(27-18)11-21-19(23)12-26-16-3-1-2-15(10-16)22(24)25/h1-10H,11-12H2,(H,21,23). The number of hydrogen-bond acceptors (Lipinski definition) is 5. The zero-order valence-corrected chi connectivity index (χ0v) is 14.8. The number of nitro groups is 1. The molecule has 0 aliphatic heterocycles. The topological polar surface area (TPSA) is 94.6 Å². The molecule has 7 nitrogen and oxygen atoms in total. The maximum absolute atomic E-state index is 11.9. The molecule has 1 aromatic heterocycles. The van der Waals surface area contributed by atoms with E-state index >= 15 is 0 Å². The van der Waals surface area contributed by atoms with Crippen molar-refractivity contribution in [1.82, 2.24) is 5.32 Å². The number of rotatable bonds is 7. The van der Waals surface area contributed by atoms with E-state index in [4.69, 9.17) is 20.8 Å². The van der Waals surface area contributed by atoms with Crippen LogP contribution in [-0.2, 0) is 11.3 Å². The lowest BCUT2D eigenvalue weighted by molar-refractivity contribution is -0.384. The maximum Gasteiger partial charge on any atom is 0.273 e. The highest BCUT2D eigenvalue weighted by molar-refractivity contribution is 6.30. The van der Waals surface area contributed by atoms with Gasteiger partial charge in [0.25, 0.3) is 11.6 Å². The summed E-state index contributed by atoms with van der Waals surface area (Å²) in [6.07, 6.45) is 0. The Labute approximate surface area is 159 Å². The fourth-order valence-electron chi connectivity index (χ4n) is 2.31. The van der Waals surface area contributed by atoms with Crippen LogP contribution >= 0.6 is 11.6 Å². The minimum absolute atomic E-state index is 0.0989. The Hall–Kier alpha value is -3.32. The average molecular weight is 387 g/mol. The van der Waals surface area contributed by atoms with Gasteiger partial charge in [0.15, 0.2) is 6.61 Å². The summed E-state index contributed by atoms with van der Waals surface area (Å²) in [4.78, 5) is 22.1. The molecule has 0 aliphatic carbocycles. The molecule has 138 valence electrons. The largest absolute Gasteiger partial charge is 0.484 e. The third-order valence-electron chi connectivity index (χ3n) is 3.65. The minimum atomic E-state index is -0.526. The van der Waals surface area contributed by atoms with Crippen LogP contribution in [0.15, 0.2) is 65.1 Å². The fourth-order valence-corrected chi connectivity index (χ4v) is 2.44. The Balaban J connectivity index is 1.50. The van der Waals surface area contributed by atoms with E-state index < -0.39 is 4.92 Å². The number of nitro benzene ring substituents is 1. The van der Waals surface area contributed by atoms with Crippen molar-refractivity contribution in [2.75, 3.05) is 6.61 Å². The van der Waals surface area contributed by atoms with Crippen LogP contribution in [0, 0.1) is 10.1 Å². The first-order chi connectivity index (χ1) is 13.0. The molecule has 0 atom stereocenters. The van der Waals surface area contributed by atoms with Gasteiger partial charge in [0.05, 0.1) is 17.5 Å². The third kappa shape index (κ3) is 5.08. The maximum atomic E-state index is 11.9. The summed E-state index contributed by atoms with van der Waals surface area (Å²) >= 11 is 5.86. The van der Waals surface area contributed by atoms with Crippen molar-refractivity contribution >= 4 is 23.2 Å². The monoisotopic (exact) mass is 386 g/mol. The van der Waals surface area contributed by atoms with E-state index in [-0.39, 0.29) is 30.5 Å². The van der Waals surface area contributed by atoms with E-state index in [0.717, 1.165) is 5.56 Å². The number of nitrogens with one attached hydrogen (secondary N) is 1. The second-order valence-corrected chi connectivity index (χ2v) is 6.03. The van der Waals surface area contributed by atoms with Crippen molar-refractivity contribution in [2.24, 2.45) is 0 Å². The van der Waals surface area contributed by atoms with Crippen molar-refractivity contribution < 1.29 is 18.9 Å². The highest BCUT2D eigenvalue weighted by atomic mass is 35.5. The van der Waals surface area contributed by atoms with Crippen LogP contribution in [0.4, 0.5) is 5.69 Å². The van der Waals surface area contributed by atoms with Crippen LogP contribution in [0.25, 0.3) is 11.3 Å². The highest BCUT2D eigenvalue weighted by Gasteiger charge is 2.10. The Bertz CT molecular complexity index is 953. The summed E-state index contributed by atoms with van der Waals surface area (Å²) < 4.78 is 11.0. The summed E-state index contributed by atoms with van der Waals surface area (Å²) in [6.45, 7) is -0.0589. The molecule has 3 aromatic rings. The number of halogens is 1. The minimum Gasteiger partial charge on any atom is -0.484 e. The number of non-ortho nitro benzene ring substituents is 1. The quantitative estimate of drug-likeness (QED) is 0.485. The third-order valence-corrected chi connectivity index (χ3v) is 3.90. The summed E-state index contributed by atoms with van der Waals surface area (Å²) in [5, 5.41) is 14.0. The van der Waals surface area contributed by atoms with Gasteiger partial charge >= 0.3 is 0 Å². The van der Waals surface area contributed by atoms with Gasteiger partial charge in [-0.15, -0.1) is 0 Å². The summed E-state index contributed by atoms with van der Waals surface area (Å²) in [7, 11) is 0. The first-order valence-corrected chi connectivity index (χ1v) is 8.37. The van der Waals surface area contributed by atoms with Crippen molar-refractivity contribution in [3.63, 3.8) is 0 Å². The molecule has 1 amide bonds. The molecular weight excluding hydrogens is 372 g/mol. The number of amides is 1. The van der Waals surface area contributed by atoms with E-state index in [1.807, 2.05) is 18.2 Å². The Kier molecular flexibility index (Phi) is 5.73. The number of benzene rings is 2. The molecule has 2 aromatic carbocycles. The number of nitrogens with zero attached hydrogens (tertiary/aromatic N) is 1. The Morgan fingerprint density at radius 3 is 2.67 bits per heavy atom. The van der Waals surface area contributed by atoms with Crippen molar-refractivity contribution in [2.45, 2.75) is 6.54 Å². The molecule has 0 bridgehead atoms. The SMILES string of the molecule is O=C(COc1cccc([N+](=O)[O-])c1)NCc1ccc(-c2ccc(Cl)cc2)o1. The van der Waals surface area contributed by atoms with E-state index in [1.165, 1.54) is 18.2 Å². The predicted octanol–water partition coefficient (Wildman–Crippen LogP) is 4.20. The van der Waals surface area contributed by atoms with E-state index in [2.05, 4.69) is 5.32 Å². The van der Waals surface area contributed by atoms with Crippen molar-refractivity contribution in [3.05, 3.63) is 81.6 Å². The zero-order chi connectivity index (χ0) is 19.2. The van der Waals surface area contributed by atoms with Gasteiger partial charge in [0.1, 0.15) is 17.3 Å². The van der Waals surface area contributed by atoms with Crippen molar-refractivity contribution in [1.29, 1.82) is 0 Å². The summed E-state index contributed by atoms with van der Waals surface area (Å²) in [6, 6.07) is 16.5. The van der Waals surface area contributed by atoms with Gasteiger partial charge in [-0.05, 0) is 42.5 Å². The zero-order valence-electron chi connectivity index (χ0n) is 14.1. The number of hydrogen-bond donors (Lipinski definition) is 1. The fraction of sp³-hybridized carbons (Fsp3) is 0.105. The van der Waals surface area contributed by atoms with Gasteiger partial charge < -0.3 is 14.5 Å². The molecule has 0 saturated carbocycles. The van der Waals surface area contributed by atoms with Crippen LogP contribution in [-0.4, -0.2) is 17.4 Å².